The van der Waals surface area contributed by atoms with Gasteiger partial charge in [0.05, 0.1) is 0 Å². The summed E-state index contributed by atoms with van der Waals surface area (Å²) in [6.45, 7) is 1.83. The van der Waals surface area contributed by atoms with Gasteiger partial charge in [-0.3, -0.25) is 0 Å². The molecule has 0 spiro atoms. The fourth-order valence-electron chi connectivity index (χ4n) is 1.98. The van der Waals surface area contributed by atoms with Gasteiger partial charge < -0.3 is 5.32 Å². The van der Waals surface area contributed by atoms with Crippen LogP contribution >= 0.6 is 11.5 Å². The van der Waals surface area contributed by atoms with Gasteiger partial charge in [0, 0.05) is 23.5 Å². The number of hydrogen-bond acceptors (Lipinski definition) is 4. The maximum atomic E-state index is 13.1. The molecule has 6 heteroatoms. The van der Waals surface area contributed by atoms with Crippen molar-refractivity contribution in [2.24, 2.45) is 0 Å². The number of aryl methyl sites for hydroxylation is 1. The van der Waals surface area contributed by atoms with Crippen molar-refractivity contribution in [1.29, 1.82) is 0 Å². The lowest BCUT2D eigenvalue weighted by atomic mass is 10.1. The average molecular weight is 267 g/mol. The second-order valence-electron chi connectivity index (χ2n) is 4.41. The van der Waals surface area contributed by atoms with Crippen molar-refractivity contribution in [1.82, 2.24) is 9.36 Å². The minimum Gasteiger partial charge on any atom is -0.357 e. The van der Waals surface area contributed by atoms with Crippen LogP contribution in [0.3, 0.4) is 0 Å². The molecule has 0 amide bonds. The summed E-state index contributed by atoms with van der Waals surface area (Å²) in [5.41, 5.74) is 0.827. The Morgan fingerprint density at radius 3 is 2.83 bits per heavy atom. The van der Waals surface area contributed by atoms with E-state index in [9.17, 15) is 8.78 Å². The second-order valence-corrected chi connectivity index (χ2v) is 5.17. The van der Waals surface area contributed by atoms with E-state index in [2.05, 4.69) is 14.7 Å². The summed E-state index contributed by atoms with van der Waals surface area (Å²) in [5.74, 6) is -0.620. The molecule has 1 aromatic heterocycles. The van der Waals surface area contributed by atoms with Crippen LogP contribution in [0.4, 0.5) is 13.9 Å². The third-order valence-electron chi connectivity index (χ3n) is 3.00. The smallest absolute Gasteiger partial charge is 0.202 e. The Morgan fingerprint density at radius 2 is 2.17 bits per heavy atom. The molecule has 94 valence electrons. The van der Waals surface area contributed by atoms with Gasteiger partial charge in [0.1, 0.15) is 5.82 Å². The molecule has 1 fully saturated rings. The standard InChI is InChI=1S/C12H11F2N3S/c1-6-15-12(18-17-6)16-11-5-8(11)7-2-3-9(13)10(14)4-7/h2-4,8,11H,5H2,1H3,(H,15,16,17)/t8-,11+/m1/s1. The molecule has 0 radical (unpaired) electrons. The van der Waals surface area contributed by atoms with E-state index in [0.29, 0.717) is 0 Å². The number of nitrogens with one attached hydrogen (secondary N) is 1. The Labute approximate surface area is 107 Å². The van der Waals surface area contributed by atoms with Crippen molar-refractivity contribution in [3.05, 3.63) is 41.2 Å². The van der Waals surface area contributed by atoms with Crippen LogP contribution in [0.1, 0.15) is 23.7 Å². The molecule has 18 heavy (non-hydrogen) atoms. The Morgan fingerprint density at radius 1 is 1.33 bits per heavy atom. The van der Waals surface area contributed by atoms with Gasteiger partial charge in [0.2, 0.25) is 5.13 Å². The number of rotatable bonds is 3. The summed E-state index contributed by atoms with van der Waals surface area (Å²) in [4.78, 5) is 4.21. The van der Waals surface area contributed by atoms with Crippen LogP contribution < -0.4 is 5.32 Å². The summed E-state index contributed by atoms with van der Waals surface area (Å²) in [7, 11) is 0. The molecule has 3 rings (SSSR count). The van der Waals surface area contributed by atoms with Crippen molar-refractivity contribution in [2.45, 2.75) is 25.3 Å². The van der Waals surface area contributed by atoms with Crippen molar-refractivity contribution >= 4 is 16.7 Å². The molecule has 2 atom stereocenters. The monoisotopic (exact) mass is 267 g/mol. The fraction of sp³-hybridized carbons (Fsp3) is 0.333. The fourth-order valence-corrected chi connectivity index (χ4v) is 2.62. The lowest BCUT2D eigenvalue weighted by Crippen LogP contribution is -2.04. The largest absolute Gasteiger partial charge is 0.357 e. The SMILES string of the molecule is Cc1nsc(N[C@H]2C[C@@H]2c2ccc(F)c(F)c2)n1. The van der Waals surface area contributed by atoms with Gasteiger partial charge in [-0.05, 0) is 31.0 Å². The first-order valence-electron chi connectivity index (χ1n) is 5.65. The first-order chi connectivity index (χ1) is 8.63. The van der Waals surface area contributed by atoms with Crippen LogP contribution in [0.2, 0.25) is 0 Å². The van der Waals surface area contributed by atoms with Gasteiger partial charge in [-0.1, -0.05) is 6.07 Å². The molecule has 1 aromatic carbocycles. The third-order valence-corrected chi connectivity index (χ3v) is 3.74. The van der Waals surface area contributed by atoms with Crippen molar-refractivity contribution in [3.63, 3.8) is 0 Å². The molecule has 0 aliphatic heterocycles. The zero-order chi connectivity index (χ0) is 12.7. The highest BCUT2D eigenvalue weighted by molar-refractivity contribution is 7.09. The van der Waals surface area contributed by atoms with Gasteiger partial charge in [-0.2, -0.15) is 4.37 Å². The number of hydrogen-bond donors (Lipinski definition) is 1. The Bertz CT molecular complexity index is 584. The minimum atomic E-state index is -0.802. The van der Waals surface area contributed by atoms with Gasteiger partial charge in [0.25, 0.3) is 0 Å². The van der Waals surface area contributed by atoms with Crippen LogP contribution in [0.15, 0.2) is 18.2 Å². The lowest BCUT2D eigenvalue weighted by molar-refractivity contribution is 0.507. The summed E-state index contributed by atoms with van der Waals surface area (Å²) in [6.07, 6.45) is 0.906. The molecule has 0 saturated heterocycles. The van der Waals surface area contributed by atoms with E-state index in [1.54, 1.807) is 6.07 Å². The van der Waals surface area contributed by atoms with Crippen molar-refractivity contribution < 1.29 is 8.78 Å². The predicted octanol–water partition coefficient (Wildman–Crippen LogP) is 3.09. The van der Waals surface area contributed by atoms with E-state index in [-0.39, 0.29) is 12.0 Å². The summed E-state index contributed by atoms with van der Waals surface area (Å²) in [5, 5.41) is 4.03. The molecule has 0 unspecified atom stereocenters. The maximum absolute atomic E-state index is 13.1. The number of halogens is 2. The first-order valence-corrected chi connectivity index (χ1v) is 6.42. The third kappa shape index (κ3) is 2.20. The molecule has 1 N–H and O–H groups in total. The van der Waals surface area contributed by atoms with Crippen LogP contribution in [-0.2, 0) is 0 Å². The minimum absolute atomic E-state index is 0.226. The van der Waals surface area contributed by atoms with Crippen molar-refractivity contribution in [2.75, 3.05) is 5.32 Å². The highest BCUT2D eigenvalue weighted by Crippen LogP contribution is 2.43. The van der Waals surface area contributed by atoms with E-state index in [1.165, 1.54) is 23.7 Å². The van der Waals surface area contributed by atoms with Gasteiger partial charge in [0.15, 0.2) is 11.6 Å². The van der Waals surface area contributed by atoms with Crippen LogP contribution in [0.25, 0.3) is 0 Å². The number of benzene rings is 1. The molecule has 3 nitrogen and oxygen atoms in total. The lowest BCUT2D eigenvalue weighted by Gasteiger charge is -2.02. The highest BCUT2D eigenvalue weighted by Gasteiger charge is 2.39. The van der Waals surface area contributed by atoms with Gasteiger partial charge in [-0.15, -0.1) is 0 Å². The summed E-state index contributed by atoms with van der Waals surface area (Å²) < 4.78 is 30.0. The average Bonchev–Trinajstić information content (AvgIpc) is 2.97. The van der Waals surface area contributed by atoms with E-state index < -0.39 is 11.6 Å². The molecule has 1 heterocycles. The molecular formula is C12H11F2N3S. The summed E-state index contributed by atoms with van der Waals surface area (Å²) >= 11 is 1.31. The highest BCUT2D eigenvalue weighted by atomic mass is 32.1. The summed E-state index contributed by atoms with van der Waals surface area (Å²) in [6, 6.07) is 4.32. The van der Waals surface area contributed by atoms with E-state index in [1.807, 2.05) is 6.92 Å². The maximum Gasteiger partial charge on any atom is 0.202 e. The quantitative estimate of drug-likeness (QED) is 0.928. The Balaban J connectivity index is 1.68. The molecule has 1 aliphatic carbocycles. The van der Waals surface area contributed by atoms with Gasteiger partial charge >= 0.3 is 0 Å². The Kier molecular flexibility index (Phi) is 2.74. The number of nitrogens with zero attached hydrogens (tertiary/aromatic N) is 2. The number of aromatic nitrogens is 2. The zero-order valence-electron chi connectivity index (χ0n) is 9.65. The molecular weight excluding hydrogens is 256 g/mol. The molecule has 0 bridgehead atoms. The van der Waals surface area contributed by atoms with Crippen LogP contribution in [0.5, 0.6) is 0 Å². The van der Waals surface area contributed by atoms with E-state index >= 15 is 0 Å². The van der Waals surface area contributed by atoms with Crippen LogP contribution in [0, 0.1) is 18.6 Å². The molecule has 1 aliphatic rings. The van der Waals surface area contributed by atoms with Crippen molar-refractivity contribution in [3.8, 4) is 0 Å². The predicted molar refractivity (Wildman–Crippen MR) is 65.8 cm³/mol. The zero-order valence-corrected chi connectivity index (χ0v) is 10.5. The topological polar surface area (TPSA) is 37.8 Å². The molecule has 1 saturated carbocycles. The van der Waals surface area contributed by atoms with E-state index in [0.717, 1.165) is 22.9 Å². The van der Waals surface area contributed by atoms with E-state index in [4.69, 9.17) is 0 Å². The van der Waals surface area contributed by atoms with Crippen LogP contribution in [-0.4, -0.2) is 15.4 Å². The second kappa shape index (κ2) is 4.28. The molecule has 2 aromatic rings. The first kappa shape index (κ1) is 11.5. The Hall–Kier alpha value is -1.56. The van der Waals surface area contributed by atoms with Gasteiger partial charge in [-0.25, -0.2) is 13.8 Å². The number of anilines is 1. The normalized spacial score (nSPS) is 21.9.